The Morgan fingerprint density at radius 2 is 1.94 bits per heavy atom. The van der Waals surface area contributed by atoms with Crippen molar-refractivity contribution in [3.63, 3.8) is 0 Å². The van der Waals surface area contributed by atoms with Gasteiger partial charge in [-0.05, 0) is 25.1 Å². The third kappa shape index (κ3) is 3.33. The molecule has 0 aromatic heterocycles. The largest absolute Gasteiger partial charge is 0.416 e. The Hall–Kier alpha value is -1.29. The van der Waals surface area contributed by atoms with Crippen molar-refractivity contribution in [3.8, 4) is 0 Å². The fourth-order valence-electron chi connectivity index (χ4n) is 1.76. The van der Waals surface area contributed by atoms with E-state index in [1.165, 1.54) is 12.1 Å². The maximum atomic E-state index is 12.9. The Bertz CT molecular complexity index is 396. The first-order valence-electron chi connectivity index (χ1n) is 5.42. The van der Waals surface area contributed by atoms with Gasteiger partial charge in [0.2, 0.25) is 0 Å². The molecule has 0 aliphatic rings. The van der Waals surface area contributed by atoms with Crippen molar-refractivity contribution >= 4 is 0 Å². The van der Waals surface area contributed by atoms with Gasteiger partial charge in [-0.15, -0.1) is 0 Å². The van der Waals surface area contributed by atoms with Gasteiger partial charge in [0.1, 0.15) is 0 Å². The lowest BCUT2D eigenvalue weighted by Crippen LogP contribution is -2.24. The van der Waals surface area contributed by atoms with Crippen LogP contribution in [0.5, 0.6) is 0 Å². The van der Waals surface area contributed by atoms with Gasteiger partial charge in [0.25, 0.3) is 0 Å². The van der Waals surface area contributed by atoms with E-state index in [9.17, 15) is 13.2 Å². The molecule has 1 unspecified atom stereocenters. The first kappa shape index (κ1) is 13.8. The van der Waals surface area contributed by atoms with Gasteiger partial charge in [0.05, 0.1) is 11.6 Å². The van der Waals surface area contributed by atoms with E-state index in [-0.39, 0.29) is 5.56 Å². The SMILES string of the molecule is C=C(C)C(NCC)c1ccccc1C(F)(F)F. The van der Waals surface area contributed by atoms with Crippen LogP contribution in [0.3, 0.4) is 0 Å². The van der Waals surface area contributed by atoms with Crippen molar-refractivity contribution < 1.29 is 13.2 Å². The molecule has 0 amide bonds. The molecule has 1 nitrogen and oxygen atoms in total. The number of alkyl halides is 3. The van der Waals surface area contributed by atoms with E-state index in [0.29, 0.717) is 12.1 Å². The van der Waals surface area contributed by atoms with Gasteiger partial charge in [-0.3, -0.25) is 0 Å². The molecule has 0 fully saturated rings. The molecule has 1 N–H and O–H groups in total. The normalized spacial score (nSPS) is 13.5. The van der Waals surface area contributed by atoms with Crippen molar-refractivity contribution in [2.75, 3.05) is 6.54 Å². The van der Waals surface area contributed by atoms with Gasteiger partial charge < -0.3 is 5.32 Å². The summed E-state index contributed by atoms with van der Waals surface area (Å²) in [5.74, 6) is 0. The second-order valence-electron chi connectivity index (χ2n) is 3.92. The molecule has 0 saturated carbocycles. The summed E-state index contributed by atoms with van der Waals surface area (Å²) in [6, 6.07) is 5.14. The molecular formula is C13H16F3N. The van der Waals surface area contributed by atoms with Crippen LogP contribution < -0.4 is 5.32 Å². The molecule has 4 heteroatoms. The average Bonchev–Trinajstić information content (AvgIpc) is 2.24. The summed E-state index contributed by atoms with van der Waals surface area (Å²) < 4.78 is 38.6. The van der Waals surface area contributed by atoms with E-state index in [1.54, 1.807) is 13.0 Å². The van der Waals surface area contributed by atoms with Crippen LogP contribution in [-0.2, 0) is 6.18 Å². The summed E-state index contributed by atoms with van der Waals surface area (Å²) in [5.41, 5.74) is 0.298. The molecule has 94 valence electrons. The molecule has 1 atom stereocenters. The smallest absolute Gasteiger partial charge is 0.307 e. The van der Waals surface area contributed by atoms with Crippen LogP contribution in [0.25, 0.3) is 0 Å². The van der Waals surface area contributed by atoms with E-state index in [0.717, 1.165) is 6.07 Å². The van der Waals surface area contributed by atoms with E-state index in [1.807, 2.05) is 6.92 Å². The minimum absolute atomic E-state index is 0.231. The van der Waals surface area contributed by atoms with Gasteiger partial charge in [-0.1, -0.05) is 37.3 Å². The molecule has 0 radical (unpaired) electrons. The molecule has 0 saturated heterocycles. The monoisotopic (exact) mass is 243 g/mol. The van der Waals surface area contributed by atoms with E-state index < -0.39 is 17.8 Å². The van der Waals surface area contributed by atoms with Crippen LogP contribution in [0.2, 0.25) is 0 Å². The third-order valence-corrected chi connectivity index (χ3v) is 2.48. The molecule has 17 heavy (non-hydrogen) atoms. The molecule has 0 aliphatic carbocycles. The maximum Gasteiger partial charge on any atom is 0.416 e. The molecule has 0 bridgehead atoms. The molecule has 0 spiro atoms. The molecular weight excluding hydrogens is 227 g/mol. The predicted octanol–water partition coefficient (Wildman–Crippen LogP) is 3.93. The van der Waals surface area contributed by atoms with Crippen molar-refractivity contribution in [3.05, 3.63) is 47.5 Å². The Kier molecular flexibility index (Phi) is 4.34. The van der Waals surface area contributed by atoms with Gasteiger partial charge in [0, 0.05) is 0 Å². The summed E-state index contributed by atoms with van der Waals surface area (Å²) in [4.78, 5) is 0. The lowest BCUT2D eigenvalue weighted by atomic mass is 9.95. The maximum absolute atomic E-state index is 12.9. The number of nitrogens with one attached hydrogen (secondary N) is 1. The van der Waals surface area contributed by atoms with Crippen molar-refractivity contribution in [2.24, 2.45) is 0 Å². The van der Waals surface area contributed by atoms with Gasteiger partial charge in [-0.25, -0.2) is 0 Å². The number of hydrogen-bond acceptors (Lipinski definition) is 1. The Labute approximate surface area is 99.3 Å². The third-order valence-electron chi connectivity index (χ3n) is 2.48. The van der Waals surface area contributed by atoms with Crippen LogP contribution in [-0.4, -0.2) is 6.54 Å². The number of benzene rings is 1. The highest BCUT2D eigenvalue weighted by atomic mass is 19.4. The van der Waals surface area contributed by atoms with Crippen molar-refractivity contribution in [1.29, 1.82) is 0 Å². The highest BCUT2D eigenvalue weighted by Gasteiger charge is 2.34. The standard InChI is InChI=1S/C13H16F3N/c1-4-17-12(9(2)3)10-7-5-6-8-11(10)13(14,15)16/h5-8,12,17H,2,4H2,1,3H3. The molecule has 1 aromatic rings. The van der Waals surface area contributed by atoms with Gasteiger partial charge in [0.15, 0.2) is 0 Å². The lowest BCUT2D eigenvalue weighted by Gasteiger charge is -2.22. The summed E-state index contributed by atoms with van der Waals surface area (Å²) in [6.45, 7) is 7.91. The number of halogens is 3. The fraction of sp³-hybridized carbons (Fsp3) is 0.385. The van der Waals surface area contributed by atoms with Crippen LogP contribution in [0.1, 0.15) is 31.0 Å². The number of likely N-dealkylation sites (N-methyl/N-ethyl adjacent to an activating group) is 1. The highest BCUT2D eigenvalue weighted by Crippen LogP contribution is 2.35. The van der Waals surface area contributed by atoms with Crippen molar-refractivity contribution in [1.82, 2.24) is 5.32 Å². The number of rotatable bonds is 4. The van der Waals surface area contributed by atoms with E-state index in [2.05, 4.69) is 11.9 Å². The van der Waals surface area contributed by atoms with Crippen molar-refractivity contribution in [2.45, 2.75) is 26.1 Å². The van der Waals surface area contributed by atoms with E-state index >= 15 is 0 Å². The zero-order chi connectivity index (χ0) is 13.1. The van der Waals surface area contributed by atoms with Crippen LogP contribution in [0.15, 0.2) is 36.4 Å². The van der Waals surface area contributed by atoms with Crippen LogP contribution in [0.4, 0.5) is 13.2 Å². The Morgan fingerprint density at radius 3 is 2.41 bits per heavy atom. The second-order valence-corrected chi connectivity index (χ2v) is 3.92. The summed E-state index contributed by atoms with van der Waals surface area (Å²) >= 11 is 0. The fourth-order valence-corrected chi connectivity index (χ4v) is 1.76. The predicted molar refractivity (Wildman–Crippen MR) is 62.7 cm³/mol. The van der Waals surface area contributed by atoms with Crippen LogP contribution in [0, 0.1) is 0 Å². The molecule has 1 rings (SSSR count). The number of hydrogen-bond donors (Lipinski definition) is 1. The van der Waals surface area contributed by atoms with E-state index in [4.69, 9.17) is 0 Å². The first-order chi connectivity index (χ1) is 7.88. The topological polar surface area (TPSA) is 12.0 Å². The Balaban J connectivity index is 3.23. The minimum Gasteiger partial charge on any atom is -0.307 e. The van der Waals surface area contributed by atoms with Gasteiger partial charge >= 0.3 is 6.18 Å². The summed E-state index contributed by atoms with van der Waals surface area (Å²) in [6.07, 6.45) is -4.33. The first-order valence-corrected chi connectivity index (χ1v) is 5.42. The summed E-state index contributed by atoms with van der Waals surface area (Å²) in [7, 11) is 0. The quantitative estimate of drug-likeness (QED) is 0.790. The van der Waals surface area contributed by atoms with Crippen LogP contribution >= 0.6 is 0 Å². The Morgan fingerprint density at radius 1 is 1.35 bits per heavy atom. The molecule has 0 aliphatic heterocycles. The van der Waals surface area contributed by atoms with Gasteiger partial charge in [-0.2, -0.15) is 13.2 Å². The lowest BCUT2D eigenvalue weighted by molar-refractivity contribution is -0.138. The zero-order valence-corrected chi connectivity index (χ0v) is 9.93. The molecule has 1 aromatic carbocycles. The molecule has 0 heterocycles. The average molecular weight is 243 g/mol. The second kappa shape index (κ2) is 5.36. The zero-order valence-electron chi connectivity index (χ0n) is 9.93. The summed E-state index contributed by atoms with van der Waals surface area (Å²) in [5, 5.41) is 3.01. The minimum atomic E-state index is -4.33. The highest BCUT2D eigenvalue weighted by molar-refractivity contribution is 5.36.